The summed E-state index contributed by atoms with van der Waals surface area (Å²) in [5.74, 6) is 1.52. The summed E-state index contributed by atoms with van der Waals surface area (Å²) in [7, 11) is -3.05. The third-order valence-corrected chi connectivity index (χ3v) is 18.7. The first-order chi connectivity index (χ1) is 29.8. The number of methoxy groups -OCH3 is 2. The van der Waals surface area contributed by atoms with Crippen LogP contribution in [0.25, 0.3) is 0 Å². The maximum Gasteiger partial charge on any atom is 0.243 e. The molecule has 3 atom stereocenters. The molecule has 6 aromatic carbocycles. The molecule has 1 saturated heterocycles. The Hall–Kier alpha value is -5.02. The van der Waals surface area contributed by atoms with Gasteiger partial charge in [-0.25, -0.2) is 8.42 Å². The van der Waals surface area contributed by atoms with Gasteiger partial charge in [0.25, 0.3) is 0 Å². The van der Waals surface area contributed by atoms with Gasteiger partial charge in [0.15, 0.2) is 0 Å². The summed E-state index contributed by atoms with van der Waals surface area (Å²) in [6, 6.07) is 53.5. The zero-order valence-corrected chi connectivity index (χ0v) is 37.0. The smallest absolute Gasteiger partial charge is 0.243 e. The van der Waals surface area contributed by atoms with E-state index in [1.807, 2.05) is 37.3 Å². The number of piperidine rings is 1. The highest BCUT2D eigenvalue weighted by atomic mass is 32.2. The van der Waals surface area contributed by atoms with E-state index in [2.05, 4.69) is 120 Å². The molecule has 0 unspecified atom stereocenters. The SMILES string of the molecule is COCCCN1CCOc2ccc(CO[C@H]3CN(S(=O)(=O)c4ccc(C)cc4)[C@H](C[P+](c4ccccc4)(c4ccccc4)c4ccccc4)C[C@@H]3c3ccc(OC)cc3)cc21. The Morgan fingerprint density at radius 3 is 1.97 bits per heavy atom. The van der Waals surface area contributed by atoms with Crippen molar-refractivity contribution in [2.75, 3.05) is 58.1 Å². The van der Waals surface area contributed by atoms with Gasteiger partial charge in [-0.1, -0.05) is 90.5 Å². The second kappa shape index (κ2) is 19.4. The lowest BCUT2D eigenvalue weighted by atomic mass is 9.84. The number of rotatable bonds is 16. The number of hydrogen-bond acceptors (Lipinski definition) is 7. The number of nitrogens with zero attached hydrogens (tertiary/aromatic N) is 2. The van der Waals surface area contributed by atoms with E-state index in [-0.39, 0.29) is 23.4 Å². The summed E-state index contributed by atoms with van der Waals surface area (Å²) >= 11 is 0. The molecule has 0 spiro atoms. The van der Waals surface area contributed by atoms with E-state index in [4.69, 9.17) is 18.9 Å². The molecule has 0 N–H and O–H groups in total. The minimum Gasteiger partial charge on any atom is -0.497 e. The molecule has 1 fully saturated rings. The number of fused-ring (bicyclic) bond motifs is 1. The minimum absolute atomic E-state index is 0.115. The Morgan fingerprint density at radius 1 is 0.754 bits per heavy atom. The summed E-state index contributed by atoms with van der Waals surface area (Å²) in [4.78, 5) is 2.64. The van der Waals surface area contributed by atoms with Crippen LogP contribution in [-0.4, -0.2) is 78.1 Å². The summed E-state index contributed by atoms with van der Waals surface area (Å²) < 4.78 is 56.4. The van der Waals surface area contributed by atoms with Crippen LogP contribution >= 0.6 is 7.26 Å². The molecule has 2 heterocycles. The molecule has 6 aromatic rings. The van der Waals surface area contributed by atoms with Crippen LogP contribution in [0.3, 0.4) is 0 Å². The molecule has 61 heavy (non-hydrogen) atoms. The van der Waals surface area contributed by atoms with Gasteiger partial charge in [0.05, 0.1) is 49.2 Å². The highest BCUT2D eigenvalue weighted by Crippen LogP contribution is 2.58. The molecule has 0 aliphatic carbocycles. The summed E-state index contributed by atoms with van der Waals surface area (Å²) in [5.41, 5.74) is 4.15. The second-order valence-corrected chi connectivity index (χ2v) is 21.4. The number of benzene rings is 6. The monoisotopic (exact) mass is 855 g/mol. The van der Waals surface area contributed by atoms with Crippen LogP contribution in [0, 0.1) is 6.92 Å². The average molecular weight is 856 g/mol. The Kier molecular flexibility index (Phi) is 13.5. The standard InChI is InChI=1S/C51H56N2O6PS/c1-39-20-27-47(28-21-39)61(54,55)53-36-51(59-37-40-22-29-50-49(34-40)52(31-33-58-50)30-13-32-56-2)48(41-23-25-43(57-3)26-24-41)35-42(53)38-60(44-14-7-4-8-15-44,45-16-9-5-10-17-45)46-18-11-6-12-19-46/h4-12,14-29,34,42,48,51H,13,30-33,35-38H2,1-3H3/q+1/t42-,48+,51-/m0/s1. The zero-order valence-electron chi connectivity index (χ0n) is 35.3. The van der Waals surface area contributed by atoms with Crippen molar-refractivity contribution in [3.05, 3.63) is 174 Å². The van der Waals surface area contributed by atoms with Gasteiger partial charge >= 0.3 is 0 Å². The van der Waals surface area contributed by atoms with Crippen molar-refractivity contribution in [2.24, 2.45) is 0 Å². The fourth-order valence-electron chi connectivity index (χ4n) is 9.06. The maximum absolute atomic E-state index is 15.3. The third-order valence-electron chi connectivity index (χ3n) is 12.2. The molecule has 10 heteroatoms. The average Bonchev–Trinajstić information content (AvgIpc) is 3.31. The quantitative estimate of drug-likeness (QED) is 0.0716. The summed E-state index contributed by atoms with van der Waals surface area (Å²) in [6.07, 6.45) is 1.63. The number of ether oxygens (including phenoxy) is 4. The van der Waals surface area contributed by atoms with Crippen molar-refractivity contribution in [3.63, 3.8) is 0 Å². The van der Waals surface area contributed by atoms with Gasteiger partial charge in [0, 0.05) is 32.7 Å². The van der Waals surface area contributed by atoms with Gasteiger partial charge in [-0.05, 0) is 104 Å². The van der Waals surface area contributed by atoms with Gasteiger partial charge in [0.2, 0.25) is 10.0 Å². The van der Waals surface area contributed by atoms with Crippen LogP contribution in [0.4, 0.5) is 5.69 Å². The van der Waals surface area contributed by atoms with Crippen molar-refractivity contribution in [1.82, 2.24) is 4.31 Å². The molecule has 8 nitrogen and oxygen atoms in total. The van der Waals surface area contributed by atoms with Crippen molar-refractivity contribution in [2.45, 2.75) is 49.3 Å². The number of anilines is 1. The molecule has 0 aromatic heterocycles. The van der Waals surface area contributed by atoms with Gasteiger partial charge in [0.1, 0.15) is 41.3 Å². The van der Waals surface area contributed by atoms with Crippen molar-refractivity contribution >= 4 is 38.9 Å². The molecule has 2 aliphatic heterocycles. The van der Waals surface area contributed by atoms with Crippen molar-refractivity contribution in [3.8, 4) is 11.5 Å². The highest BCUT2D eigenvalue weighted by molar-refractivity contribution is 7.95. The molecule has 316 valence electrons. The first-order valence-corrected chi connectivity index (χ1v) is 24.6. The van der Waals surface area contributed by atoms with Gasteiger partial charge in [-0.2, -0.15) is 4.31 Å². The Balaban J connectivity index is 1.23. The van der Waals surface area contributed by atoms with E-state index in [9.17, 15) is 0 Å². The molecular weight excluding hydrogens is 800 g/mol. The minimum atomic E-state index is -3.99. The lowest BCUT2D eigenvalue weighted by molar-refractivity contribution is -0.0171. The largest absolute Gasteiger partial charge is 0.497 e. The maximum atomic E-state index is 15.3. The molecule has 0 amide bonds. The summed E-state index contributed by atoms with van der Waals surface area (Å²) in [5, 5.41) is 3.64. The van der Waals surface area contributed by atoms with E-state index in [0.29, 0.717) is 32.4 Å². The van der Waals surface area contributed by atoms with Crippen LogP contribution in [0.15, 0.2) is 163 Å². The van der Waals surface area contributed by atoms with E-state index in [1.165, 1.54) is 15.9 Å². The zero-order chi connectivity index (χ0) is 42.2. The third kappa shape index (κ3) is 9.28. The fraction of sp³-hybridized carbons (Fsp3) is 0.294. The van der Waals surface area contributed by atoms with Gasteiger partial charge in [-0.3, -0.25) is 0 Å². The van der Waals surface area contributed by atoms with Crippen LogP contribution in [0.2, 0.25) is 0 Å². The topological polar surface area (TPSA) is 77.5 Å². The molecule has 0 saturated carbocycles. The van der Waals surface area contributed by atoms with E-state index in [0.717, 1.165) is 53.4 Å². The number of sulfonamides is 1. The van der Waals surface area contributed by atoms with Crippen LogP contribution in [0.5, 0.6) is 11.5 Å². The lowest BCUT2D eigenvalue weighted by Crippen LogP contribution is -2.55. The summed E-state index contributed by atoms with van der Waals surface area (Å²) in [6.45, 7) is 5.47. The second-order valence-electron chi connectivity index (χ2n) is 16.0. The first kappa shape index (κ1) is 42.7. The van der Waals surface area contributed by atoms with Crippen LogP contribution < -0.4 is 30.3 Å². The van der Waals surface area contributed by atoms with Crippen molar-refractivity contribution in [1.29, 1.82) is 0 Å². The Labute approximate surface area is 362 Å². The van der Waals surface area contributed by atoms with Crippen LogP contribution in [0.1, 0.15) is 35.4 Å². The number of aryl methyl sites for hydroxylation is 1. The molecule has 0 bridgehead atoms. The molecule has 0 radical (unpaired) electrons. The number of hydrogen-bond donors (Lipinski definition) is 0. The van der Waals surface area contributed by atoms with E-state index in [1.54, 1.807) is 30.7 Å². The highest BCUT2D eigenvalue weighted by Gasteiger charge is 2.52. The van der Waals surface area contributed by atoms with E-state index < -0.39 is 23.4 Å². The van der Waals surface area contributed by atoms with E-state index >= 15 is 8.42 Å². The van der Waals surface area contributed by atoms with Gasteiger partial charge in [-0.15, -0.1) is 0 Å². The Bertz CT molecular complexity index is 2340. The van der Waals surface area contributed by atoms with Gasteiger partial charge < -0.3 is 23.8 Å². The Morgan fingerprint density at radius 2 is 1.38 bits per heavy atom. The molecule has 2 aliphatic rings. The lowest BCUT2D eigenvalue weighted by Gasteiger charge is -2.44. The molecular formula is C51H56N2O6PS+. The first-order valence-electron chi connectivity index (χ1n) is 21.2. The van der Waals surface area contributed by atoms with Crippen LogP contribution in [-0.2, 0) is 26.1 Å². The molecule has 8 rings (SSSR count). The fourth-order valence-corrected chi connectivity index (χ4v) is 15.4. The predicted octanol–water partition coefficient (Wildman–Crippen LogP) is 8.37. The van der Waals surface area contributed by atoms with Crippen molar-refractivity contribution < 1.29 is 27.4 Å². The predicted molar refractivity (Wildman–Crippen MR) is 248 cm³/mol. The normalized spacial score (nSPS) is 18.3.